The maximum absolute atomic E-state index is 12.1. The molecule has 6 heteroatoms. The molecule has 5 nitrogen and oxygen atoms in total. The number of amides is 1. The van der Waals surface area contributed by atoms with Crippen LogP contribution in [-0.4, -0.2) is 23.3 Å². The minimum atomic E-state index is -0.275. The second kappa shape index (κ2) is 7.44. The monoisotopic (exact) mass is 354 g/mol. The first-order valence-corrected chi connectivity index (χ1v) is 8.96. The van der Waals surface area contributed by atoms with Crippen LogP contribution in [-0.2, 0) is 11.8 Å². The van der Waals surface area contributed by atoms with Crippen molar-refractivity contribution in [2.45, 2.75) is 4.90 Å². The molecule has 128 valence electrons. The molecule has 0 fully saturated rings. The van der Waals surface area contributed by atoms with E-state index in [9.17, 15) is 9.59 Å². The third-order valence-electron chi connectivity index (χ3n) is 3.83. The van der Waals surface area contributed by atoms with Gasteiger partial charge in [0.25, 0.3) is 11.5 Å². The van der Waals surface area contributed by atoms with Gasteiger partial charge in [0, 0.05) is 29.1 Å². The van der Waals surface area contributed by atoms with Crippen LogP contribution < -0.4 is 15.6 Å². The van der Waals surface area contributed by atoms with Crippen LogP contribution in [0.1, 0.15) is 0 Å². The van der Waals surface area contributed by atoms with Crippen molar-refractivity contribution in [3.05, 3.63) is 65.0 Å². The standard InChI is InChI=1S/C19H18N2O3S/c1-21-16-9-4-3-8-15(16)17(11-19(21)23)24-12-18(22)20-13-6-5-7-14(10-13)25-2/h3-11H,12H2,1-2H3,(H,20,22). The van der Waals surface area contributed by atoms with Gasteiger partial charge in [0.15, 0.2) is 6.61 Å². The topological polar surface area (TPSA) is 60.3 Å². The predicted octanol–water partition coefficient (Wildman–Crippen LogP) is 3.28. The molecule has 1 amide bonds. The molecule has 0 spiro atoms. The average Bonchev–Trinajstić information content (AvgIpc) is 2.63. The Morgan fingerprint density at radius 1 is 1.16 bits per heavy atom. The van der Waals surface area contributed by atoms with Gasteiger partial charge in [-0.15, -0.1) is 11.8 Å². The molecular formula is C19H18N2O3S. The van der Waals surface area contributed by atoms with Crippen LogP contribution in [0.15, 0.2) is 64.3 Å². The van der Waals surface area contributed by atoms with Gasteiger partial charge >= 0.3 is 0 Å². The van der Waals surface area contributed by atoms with Gasteiger partial charge in [0.05, 0.1) is 5.52 Å². The number of pyridine rings is 1. The lowest BCUT2D eigenvalue weighted by Gasteiger charge is -2.12. The van der Waals surface area contributed by atoms with Crippen molar-refractivity contribution in [1.29, 1.82) is 0 Å². The number of carbonyl (C=O) groups excluding carboxylic acids is 1. The van der Waals surface area contributed by atoms with Crippen LogP contribution in [0.4, 0.5) is 5.69 Å². The maximum atomic E-state index is 12.1. The van der Waals surface area contributed by atoms with Gasteiger partial charge in [0.1, 0.15) is 5.75 Å². The van der Waals surface area contributed by atoms with Crippen molar-refractivity contribution < 1.29 is 9.53 Å². The number of hydrogen-bond donors (Lipinski definition) is 1. The molecule has 0 saturated heterocycles. The molecule has 0 unspecified atom stereocenters. The summed E-state index contributed by atoms with van der Waals surface area (Å²) in [4.78, 5) is 25.3. The number of nitrogens with one attached hydrogen (secondary N) is 1. The van der Waals surface area contributed by atoms with Gasteiger partial charge < -0.3 is 14.6 Å². The number of thioether (sulfide) groups is 1. The lowest BCUT2D eigenvalue weighted by atomic mass is 10.2. The maximum Gasteiger partial charge on any atom is 0.262 e. The predicted molar refractivity (Wildman–Crippen MR) is 102 cm³/mol. The Balaban J connectivity index is 1.75. The Kier molecular flexibility index (Phi) is 5.09. The Morgan fingerprint density at radius 2 is 1.96 bits per heavy atom. The first-order valence-electron chi connectivity index (χ1n) is 7.74. The van der Waals surface area contributed by atoms with Gasteiger partial charge in [-0.1, -0.05) is 18.2 Å². The van der Waals surface area contributed by atoms with Gasteiger partial charge in [-0.3, -0.25) is 9.59 Å². The number of fused-ring (bicyclic) bond motifs is 1. The molecule has 1 heterocycles. The highest BCUT2D eigenvalue weighted by molar-refractivity contribution is 7.98. The SMILES string of the molecule is CSc1cccc(NC(=O)COc2cc(=O)n(C)c3ccccc23)c1. The summed E-state index contributed by atoms with van der Waals surface area (Å²) in [7, 11) is 1.71. The quantitative estimate of drug-likeness (QED) is 0.715. The molecule has 0 aliphatic rings. The van der Waals surface area contributed by atoms with Gasteiger partial charge in [-0.05, 0) is 36.6 Å². The fraction of sp³-hybridized carbons (Fsp3) is 0.158. The van der Waals surface area contributed by atoms with E-state index in [2.05, 4.69) is 5.32 Å². The number of hydrogen-bond acceptors (Lipinski definition) is 4. The summed E-state index contributed by atoms with van der Waals surface area (Å²) >= 11 is 1.61. The zero-order valence-electron chi connectivity index (χ0n) is 14.0. The minimum Gasteiger partial charge on any atom is -0.483 e. The minimum absolute atomic E-state index is 0.166. The zero-order chi connectivity index (χ0) is 17.8. The van der Waals surface area contributed by atoms with E-state index in [1.165, 1.54) is 6.07 Å². The Hall–Kier alpha value is -2.73. The summed E-state index contributed by atoms with van der Waals surface area (Å²) in [5, 5.41) is 3.59. The molecule has 0 radical (unpaired) electrons. The van der Waals surface area contributed by atoms with Crippen LogP contribution in [0, 0.1) is 0 Å². The third kappa shape index (κ3) is 3.85. The van der Waals surface area contributed by atoms with E-state index in [1.54, 1.807) is 23.4 Å². The summed E-state index contributed by atoms with van der Waals surface area (Å²) in [6.45, 7) is -0.166. The molecule has 1 aromatic heterocycles. The smallest absolute Gasteiger partial charge is 0.262 e. The van der Waals surface area contributed by atoms with Gasteiger partial charge in [-0.25, -0.2) is 0 Å². The number of nitrogens with zero attached hydrogens (tertiary/aromatic N) is 1. The Bertz CT molecular complexity index is 982. The fourth-order valence-corrected chi connectivity index (χ4v) is 3.00. The number of para-hydroxylation sites is 1. The Morgan fingerprint density at radius 3 is 2.76 bits per heavy atom. The van der Waals surface area contributed by atoms with Gasteiger partial charge in [-0.2, -0.15) is 0 Å². The van der Waals surface area contributed by atoms with Crippen molar-refractivity contribution >= 4 is 34.3 Å². The Labute approximate surface area is 149 Å². The molecule has 1 N–H and O–H groups in total. The lowest BCUT2D eigenvalue weighted by Crippen LogP contribution is -2.22. The van der Waals surface area contributed by atoms with Crippen molar-refractivity contribution in [2.24, 2.45) is 7.05 Å². The highest BCUT2D eigenvalue weighted by atomic mass is 32.2. The second-order valence-corrected chi connectivity index (χ2v) is 6.37. The van der Waals surface area contributed by atoms with Crippen molar-refractivity contribution in [3.63, 3.8) is 0 Å². The summed E-state index contributed by atoms with van der Waals surface area (Å²) < 4.78 is 7.17. The van der Waals surface area contributed by atoms with E-state index in [1.807, 2.05) is 54.8 Å². The van der Waals surface area contributed by atoms with E-state index < -0.39 is 0 Å². The van der Waals surface area contributed by atoms with Crippen LogP contribution in [0.25, 0.3) is 10.9 Å². The first kappa shape index (κ1) is 17.1. The molecule has 25 heavy (non-hydrogen) atoms. The van der Waals surface area contributed by atoms with E-state index in [-0.39, 0.29) is 18.1 Å². The summed E-state index contributed by atoms with van der Waals surface area (Å²) in [5.41, 5.74) is 1.30. The van der Waals surface area contributed by atoms with Crippen LogP contribution in [0.3, 0.4) is 0 Å². The largest absolute Gasteiger partial charge is 0.483 e. The number of aryl methyl sites for hydroxylation is 1. The molecule has 3 aromatic rings. The molecule has 0 atom stereocenters. The molecule has 0 bridgehead atoms. The highest BCUT2D eigenvalue weighted by Crippen LogP contribution is 2.23. The third-order valence-corrected chi connectivity index (χ3v) is 4.55. The zero-order valence-corrected chi connectivity index (χ0v) is 14.8. The molecular weight excluding hydrogens is 336 g/mol. The average molecular weight is 354 g/mol. The number of anilines is 1. The van der Waals surface area contributed by atoms with Gasteiger partial charge in [0.2, 0.25) is 0 Å². The summed E-state index contributed by atoms with van der Waals surface area (Å²) in [5.74, 6) is 0.134. The second-order valence-electron chi connectivity index (χ2n) is 5.49. The van der Waals surface area contributed by atoms with E-state index in [0.29, 0.717) is 11.4 Å². The van der Waals surface area contributed by atoms with Crippen molar-refractivity contribution in [2.75, 3.05) is 18.2 Å². The summed E-state index contributed by atoms with van der Waals surface area (Å²) in [6.07, 6.45) is 1.98. The first-order chi connectivity index (χ1) is 12.1. The molecule has 0 saturated carbocycles. The normalized spacial score (nSPS) is 10.6. The van der Waals surface area contributed by atoms with Crippen molar-refractivity contribution in [3.8, 4) is 5.75 Å². The van der Waals surface area contributed by atoms with E-state index in [0.717, 1.165) is 15.8 Å². The number of rotatable bonds is 5. The van der Waals surface area contributed by atoms with Crippen LogP contribution in [0.5, 0.6) is 5.75 Å². The highest BCUT2D eigenvalue weighted by Gasteiger charge is 2.10. The molecule has 2 aromatic carbocycles. The van der Waals surface area contributed by atoms with Crippen LogP contribution in [0.2, 0.25) is 0 Å². The number of aromatic nitrogens is 1. The van der Waals surface area contributed by atoms with E-state index >= 15 is 0 Å². The van der Waals surface area contributed by atoms with Crippen LogP contribution >= 0.6 is 11.8 Å². The van der Waals surface area contributed by atoms with Crippen molar-refractivity contribution in [1.82, 2.24) is 4.57 Å². The van der Waals surface area contributed by atoms with E-state index in [4.69, 9.17) is 4.74 Å². The number of benzene rings is 2. The number of carbonyl (C=O) groups is 1. The fourth-order valence-electron chi connectivity index (χ4n) is 2.54. The molecule has 3 rings (SSSR count). The number of ether oxygens (including phenoxy) is 1. The molecule has 0 aliphatic heterocycles. The lowest BCUT2D eigenvalue weighted by molar-refractivity contribution is -0.118. The molecule has 0 aliphatic carbocycles. The summed E-state index contributed by atoms with van der Waals surface area (Å²) in [6, 6.07) is 16.4.